The Morgan fingerprint density at radius 2 is 2.00 bits per heavy atom. The maximum absolute atomic E-state index is 13.6. The first-order valence-corrected chi connectivity index (χ1v) is 7.18. The molecule has 0 atom stereocenters. The van der Waals surface area contributed by atoms with Gasteiger partial charge in [0.2, 0.25) is 0 Å². The number of hydrogen-bond acceptors (Lipinski definition) is 2. The molecule has 0 saturated carbocycles. The van der Waals surface area contributed by atoms with Crippen molar-refractivity contribution in [1.82, 2.24) is 10.6 Å². The van der Waals surface area contributed by atoms with Crippen molar-refractivity contribution in [2.75, 3.05) is 13.7 Å². The van der Waals surface area contributed by atoms with E-state index in [1.807, 2.05) is 6.92 Å². The molecule has 0 bridgehead atoms. The third-order valence-electron chi connectivity index (χ3n) is 2.67. The normalized spacial score (nSPS) is 11.8. The number of rotatable bonds is 5. The first-order valence-electron chi connectivity index (χ1n) is 7.18. The van der Waals surface area contributed by atoms with Crippen LogP contribution in [0, 0.1) is 5.82 Å². The van der Waals surface area contributed by atoms with E-state index < -0.39 is 0 Å². The molecule has 0 amide bonds. The van der Waals surface area contributed by atoms with E-state index in [0.29, 0.717) is 12.1 Å². The van der Waals surface area contributed by atoms with Crippen LogP contribution in [0.1, 0.15) is 38.8 Å². The van der Waals surface area contributed by atoms with Crippen molar-refractivity contribution in [2.24, 2.45) is 4.99 Å². The van der Waals surface area contributed by atoms with Crippen LogP contribution < -0.4 is 10.6 Å². The summed E-state index contributed by atoms with van der Waals surface area (Å²) in [5.74, 6) is 0.506. The Morgan fingerprint density at radius 1 is 1.32 bits per heavy atom. The zero-order valence-electron chi connectivity index (χ0n) is 14.0. The van der Waals surface area contributed by atoms with Gasteiger partial charge in [-0.3, -0.25) is 0 Å². The van der Waals surface area contributed by atoms with Crippen molar-refractivity contribution in [2.45, 2.75) is 46.4 Å². The summed E-state index contributed by atoms with van der Waals surface area (Å²) in [7, 11) is 1.56. The minimum absolute atomic E-state index is 0. The highest BCUT2D eigenvalue weighted by molar-refractivity contribution is 14.0. The Hall–Kier alpha value is -0.890. The van der Waals surface area contributed by atoms with Crippen LogP contribution in [0.15, 0.2) is 23.2 Å². The molecule has 0 heterocycles. The quantitative estimate of drug-likeness (QED) is 0.433. The number of methoxy groups -OCH3 is 1. The fourth-order valence-corrected chi connectivity index (χ4v) is 1.83. The molecule has 0 unspecified atom stereocenters. The van der Waals surface area contributed by atoms with E-state index in [1.165, 1.54) is 6.07 Å². The van der Waals surface area contributed by atoms with E-state index in [2.05, 4.69) is 36.4 Å². The van der Waals surface area contributed by atoms with Gasteiger partial charge in [-0.1, -0.05) is 6.07 Å². The predicted octanol–water partition coefficient (Wildman–Crippen LogP) is 3.44. The molecule has 1 aromatic carbocycles. The van der Waals surface area contributed by atoms with Gasteiger partial charge in [-0.05, 0) is 45.4 Å². The molecule has 126 valence electrons. The van der Waals surface area contributed by atoms with Crippen molar-refractivity contribution < 1.29 is 9.13 Å². The number of guanidine groups is 1. The monoisotopic (exact) mass is 423 g/mol. The standard InChI is InChI=1S/C16H26FN3O.HI/c1-6-18-15(20-16(2,3)4)19-10-12-7-8-14(17)13(9-12)11-21-5;/h7-9H,6,10-11H2,1-5H3,(H2,18,19,20);1H. The summed E-state index contributed by atoms with van der Waals surface area (Å²) in [4.78, 5) is 4.53. The average molecular weight is 423 g/mol. The van der Waals surface area contributed by atoms with Crippen LogP contribution in [-0.4, -0.2) is 25.2 Å². The largest absolute Gasteiger partial charge is 0.380 e. The lowest BCUT2D eigenvalue weighted by Crippen LogP contribution is -2.47. The third-order valence-corrected chi connectivity index (χ3v) is 2.67. The number of ether oxygens (including phenoxy) is 1. The van der Waals surface area contributed by atoms with E-state index in [9.17, 15) is 4.39 Å². The summed E-state index contributed by atoms with van der Waals surface area (Å²) in [5.41, 5.74) is 1.44. The molecule has 0 radical (unpaired) electrons. The summed E-state index contributed by atoms with van der Waals surface area (Å²) in [6, 6.07) is 5.00. The van der Waals surface area contributed by atoms with Crippen LogP contribution in [0.2, 0.25) is 0 Å². The SMILES string of the molecule is CCNC(=NCc1ccc(F)c(COC)c1)NC(C)(C)C.I. The summed E-state index contributed by atoms with van der Waals surface area (Å²) in [5, 5.41) is 6.52. The molecule has 0 aromatic heterocycles. The molecule has 0 aliphatic rings. The van der Waals surface area contributed by atoms with Gasteiger partial charge in [-0.15, -0.1) is 24.0 Å². The van der Waals surface area contributed by atoms with Crippen LogP contribution >= 0.6 is 24.0 Å². The van der Waals surface area contributed by atoms with Crippen LogP contribution in [0.25, 0.3) is 0 Å². The number of nitrogens with zero attached hydrogens (tertiary/aromatic N) is 1. The molecule has 6 heteroatoms. The van der Waals surface area contributed by atoms with Gasteiger partial charge in [0.15, 0.2) is 5.96 Å². The highest BCUT2D eigenvalue weighted by Gasteiger charge is 2.11. The minimum atomic E-state index is -0.246. The molecule has 2 N–H and O–H groups in total. The molecule has 0 aliphatic heterocycles. The number of benzene rings is 1. The number of hydrogen-bond donors (Lipinski definition) is 2. The van der Waals surface area contributed by atoms with Crippen LogP contribution in [0.5, 0.6) is 0 Å². The maximum atomic E-state index is 13.6. The average Bonchev–Trinajstić information content (AvgIpc) is 2.38. The Balaban J connectivity index is 0.00000441. The predicted molar refractivity (Wildman–Crippen MR) is 100 cm³/mol. The molecule has 0 saturated heterocycles. The second-order valence-corrected chi connectivity index (χ2v) is 5.93. The fraction of sp³-hybridized carbons (Fsp3) is 0.562. The van der Waals surface area contributed by atoms with Crippen LogP contribution in [0.3, 0.4) is 0 Å². The number of nitrogens with one attached hydrogen (secondary N) is 2. The van der Waals surface area contributed by atoms with Gasteiger partial charge < -0.3 is 15.4 Å². The van der Waals surface area contributed by atoms with Gasteiger partial charge in [-0.25, -0.2) is 9.38 Å². The van der Waals surface area contributed by atoms with Gasteiger partial charge in [0.05, 0.1) is 13.2 Å². The van der Waals surface area contributed by atoms with Gasteiger partial charge in [0.1, 0.15) is 5.82 Å². The summed E-state index contributed by atoms with van der Waals surface area (Å²) < 4.78 is 18.6. The van der Waals surface area contributed by atoms with E-state index in [0.717, 1.165) is 18.1 Å². The van der Waals surface area contributed by atoms with Crippen LogP contribution in [-0.2, 0) is 17.9 Å². The second kappa shape index (κ2) is 9.99. The molecule has 0 spiro atoms. The molecular formula is C16H27FIN3O. The van der Waals surface area contributed by atoms with Gasteiger partial charge in [-0.2, -0.15) is 0 Å². The molecule has 0 fully saturated rings. The Kier molecular flexibility index (Phi) is 9.59. The Bertz CT molecular complexity index is 487. The summed E-state index contributed by atoms with van der Waals surface area (Å²) >= 11 is 0. The lowest BCUT2D eigenvalue weighted by Gasteiger charge is -2.23. The zero-order valence-corrected chi connectivity index (χ0v) is 16.3. The van der Waals surface area contributed by atoms with E-state index in [-0.39, 0.29) is 41.9 Å². The second-order valence-electron chi connectivity index (χ2n) is 5.93. The van der Waals surface area contributed by atoms with Gasteiger partial charge in [0.25, 0.3) is 0 Å². The van der Waals surface area contributed by atoms with Gasteiger partial charge >= 0.3 is 0 Å². The number of aliphatic imine (C=N–C) groups is 1. The highest BCUT2D eigenvalue weighted by Crippen LogP contribution is 2.12. The van der Waals surface area contributed by atoms with Crippen LogP contribution in [0.4, 0.5) is 4.39 Å². The molecular weight excluding hydrogens is 396 g/mol. The van der Waals surface area contributed by atoms with Crippen molar-refractivity contribution in [3.05, 3.63) is 35.1 Å². The zero-order chi connectivity index (χ0) is 15.9. The van der Waals surface area contributed by atoms with Crippen molar-refractivity contribution >= 4 is 29.9 Å². The molecule has 1 rings (SSSR count). The molecule has 1 aromatic rings. The van der Waals surface area contributed by atoms with E-state index in [1.54, 1.807) is 19.2 Å². The topological polar surface area (TPSA) is 45.7 Å². The lowest BCUT2D eigenvalue weighted by molar-refractivity contribution is 0.181. The third kappa shape index (κ3) is 7.93. The maximum Gasteiger partial charge on any atom is 0.191 e. The lowest BCUT2D eigenvalue weighted by atomic mass is 10.1. The number of halogens is 2. The molecule has 22 heavy (non-hydrogen) atoms. The van der Waals surface area contributed by atoms with E-state index in [4.69, 9.17) is 4.74 Å². The van der Waals surface area contributed by atoms with Gasteiger partial charge in [0, 0.05) is 24.8 Å². The summed E-state index contributed by atoms with van der Waals surface area (Å²) in [6.45, 7) is 9.80. The minimum Gasteiger partial charge on any atom is -0.380 e. The Labute approximate surface area is 149 Å². The first-order chi connectivity index (χ1) is 9.85. The highest BCUT2D eigenvalue weighted by atomic mass is 127. The van der Waals surface area contributed by atoms with E-state index >= 15 is 0 Å². The Morgan fingerprint density at radius 3 is 2.55 bits per heavy atom. The molecule has 0 aliphatic carbocycles. The summed E-state index contributed by atoms with van der Waals surface area (Å²) in [6.07, 6.45) is 0. The van der Waals surface area contributed by atoms with Crippen molar-refractivity contribution in [3.8, 4) is 0 Å². The van der Waals surface area contributed by atoms with Crippen molar-refractivity contribution in [3.63, 3.8) is 0 Å². The van der Waals surface area contributed by atoms with Crippen molar-refractivity contribution in [1.29, 1.82) is 0 Å². The fourth-order valence-electron chi connectivity index (χ4n) is 1.83. The smallest absolute Gasteiger partial charge is 0.191 e. The molecule has 4 nitrogen and oxygen atoms in total. The first kappa shape index (κ1) is 21.1.